The summed E-state index contributed by atoms with van der Waals surface area (Å²) in [6.07, 6.45) is 2.58. The zero-order valence-electron chi connectivity index (χ0n) is 12.0. The van der Waals surface area contributed by atoms with E-state index in [1.54, 1.807) is 6.07 Å². The Morgan fingerprint density at radius 3 is 2.71 bits per heavy atom. The van der Waals surface area contributed by atoms with Crippen molar-refractivity contribution in [1.82, 2.24) is 4.90 Å². The SMILES string of the molecule is CN(CCN1CCCC1)c1cc2c(cc1Br)C(=O)C(=O)N2. The number of anilines is 2. The minimum Gasteiger partial charge on any atom is -0.372 e. The maximum atomic E-state index is 11.7. The van der Waals surface area contributed by atoms with Gasteiger partial charge in [0.1, 0.15) is 0 Å². The van der Waals surface area contributed by atoms with Crippen LogP contribution >= 0.6 is 15.9 Å². The number of likely N-dealkylation sites (N-methyl/N-ethyl adjacent to an activating group) is 1. The summed E-state index contributed by atoms with van der Waals surface area (Å²) < 4.78 is 0.843. The molecule has 0 radical (unpaired) electrons. The van der Waals surface area contributed by atoms with Crippen LogP contribution < -0.4 is 10.2 Å². The van der Waals surface area contributed by atoms with E-state index in [9.17, 15) is 9.59 Å². The van der Waals surface area contributed by atoms with Crippen molar-refractivity contribution in [1.29, 1.82) is 0 Å². The topological polar surface area (TPSA) is 52.7 Å². The van der Waals surface area contributed by atoms with Crippen LogP contribution in [0, 0.1) is 0 Å². The number of benzene rings is 1. The number of hydrogen-bond donors (Lipinski definition) is 1. The Bertz CT molecular complexity index is 597. The number of carbonyl (C=O) groups excluding carboxylic acids is 2. The van der Waals surface area contributed by atoms with Crippen molar-refractivity contribution in [3.8, 4) is 0 Å². The molecule has 5 nitrogen and oxygen atoms in total. The smallest absolute Gasteiger partial charge is 0.296 e. The number of amides is 1. The van der Waals surface area contributed by atoms with E-state index in [-0.39, 0.29) is 0 Å². The Balaban J connectivity index is 1.74. The maximum Gasteiger partial charge on any atom is 0.296 e. The lowest BCUT2D eigenvalue weighted by atomic mass is 10.1. The highest BCUT2D eigenvalue weighted by molar-refractivity contribution is 9.10. The second-order valence-corrected chi connectivity index (χ2v) is 6.46. The fourth-order valence-electron chi connectivity index (χ4n) is 2.87. The molecule has 0 aromatic heterocycles. The third kappa shape index (κ3) is 2.82. The van der Waals surface area contributed by atoms with Gasteiger partial charge in [-0.1, -0.05) is 0 Å². The second kappa shape index (κ2) is 5.77. The normalized spacial score (nSPS) is 18.0. The van der Waals surface area contributed by atoms with Gasteiger partial charge in [-0.05, 0) is 54.0 Å². The number of nitrogens with one attached hydrogen (secondary N) is 1. The van der Waals surface area contributed by atoms with E-state index in [0.29, 0.717) is 11.3 Å². The third-order valence-corrected chi connectivity index (χ3v) is 4.78. The molecule has 1 N–H and O–H groups in total. The molecular weight excluding hydrogens is 334 g/mol. The molecule has 2 aliphatic rings. The van der Waals surface area contributed by atoms with Crippen molar-refractivity contribution < 1.29 is 9.59 Å². The zero-order chi connectivity index (χ0) is 15.0. The highest BCUT2D eigenvalue weighted by Crippen LogP contribution is 2.34. The van der Waals surface area contributed by atoms with Gasteiger partial charge >= 0.3 is 0 Å². The first-order valence-corrected chi connectivity index (χ1v) is 7.98. The van der Waals surface area contributed by atoms with E-state index in [0.717, 1.165) is 23.2 Å². The predicted molar refractivity (Wildman–Crippen MR) is 86.0 cm³/mol. The molecule has 2 aliphatic heterocycles. The van der Waals surface area contributed by atoms with Crippen molar-refractivity contribution in [2.45, 2.75) is 12.8 Å². The maximum absolute atomic E-state index is 11.7. The van der Waals surface area contributed by atoms with Gasteiger partial charge < -0.3 is 15.1 Å². The van der Waals surface area contributed by atoms with Crippen molar-refractivity contribution in [3.63, 3.8) is 0 Å². The average Bonchev–Trinajstić information content (AvgIpc) is 3.06. The van der Waals surface area contributed by atoms with Crippen LogP contribution in [0.25, 0.3) is 0 Å². The summed E-state index contributed by atoms with van der Waals surface area (Å²) in [6, 6.07) is 3.60. The lowest BCUT2D eigenvalue weighted by Crippen LogP contribution is -2.31. The highest BCUT2D eigenvalue weighted by Gasteiger charge is 2.29. The van der Waals surface area contributed by atoms with Crippen LogP contribution in [0.2, 0.25) is 0 Å². The lowest BCUT2D eigenvalue weighted by molar-refractivity contribution is -0.112. The first-order valence-electron chi connectivity index (χ1n) is 7.19. The molecule has 0 atom stereocenters. The average molecular weight is 352 g/mol. The summed E-state index contributed by atoms with van der Waals surface area (Å²) in [5, 5.41) is 2.62. The summed E-state index contributed by atoms with van der Waals surface area (Å²) in [7, 11) is 2.03. The van der Waals surface area contributed by atoms with Gasteiger partial charge in [-0.2, -0.15) is 0 Å². The van der Waals surface area contributed by atoms with Gasteiger partial charge in [0.2, 0.25) is 0 Å². The van der Waals surface area contributed by atoms with Crippen molar-refractivity contribution >= 4 is 39.0 Å². The molecule has 0 unspecified atom stereocenters. The molecule has 0 aliphatic carbocycles. The molecule has 6 heteroatoms. The van der Waals surface area contributed by atoms with E-state index in [4.69, 9.17) is 0 Å². The van der Waals surface area contributed by atoms with Crippen molar-refractivity contribution in [2.75, 3.05) is 43.4 Å². The quantitative estimate of drug-likeness (QED) is 0.844. The van der Waals surface area contributed by atoms with E-state index >= 15 is 0 Å². The van der Waals surface area contributed by atoms with Gasteiger partial charge in [-0.15, -0.1) is 0 Å². The Morgan fingerprint density at radius 1 is 1.29 bits per heavy atom. The van der Waals surface area contributed by atoms with Crippen LogP contribution in [0.5, 0.6) is 0 Å². The molecule has 1 saturated heterocycles. The molecular formula is C15H18BrN3O2. The van der Waals surface area contributed by atoms with Crippen LogP contribution in [0.4, 0.5) is 11.4 Å². The van der Waals surface area contributed by atoms with E-state index in [1.807, 2.05) is 13.1 Å². The molecule has 0 saturated carbocycles. The molecule has 3 rings (SSSR count). The predicted octanol–water partition coefficient (Wildman–Crippen LogP) is 2.12. The second-order valence-electron chi connectivity index (χ2n) is 5.60. The van der Waals surface area contributed by atoms with Gasteiger partial charge in [0.25, 0.3) is 11.7 Å². The molecule has 1 amide bonds. The summed E-state index contributed by atoms with van der Waals surface area (Å²) in [5.41, 5.74) is 2.04. The monoisotopic (exact) mass is 351 g/mol. The number of likely N-dealkylation sites (tertiary alicyclic amines) is 1. The van der Waals surface area contributed by atoms with Crippen LogP contribution in [0.1, 0.15) is 23.2 Å². The van der Waals surface area contributed by atoms with Crippen LogP contribution in [-0.2, 0) is 4.79 Å². The van der Waals surface area contributed by atoms with Gasteiger partial charge in [-0.3, -0.25) is 9.59 Å². The number of halogens is 1. The minimum absolute atomic E-state index is 0.448. The van der Waals surface area contributed by atoms with Crippen LogP contribution in [-0.4, -0.2) is 49.8 Å². The third-order valence-electron chi connectivity index (χ3n) is 4.15. The number of carbonyl (C=O) groups is 2. The van der Waals surface area contributed by atoms with Gasteiger partial charge in [0.15, 0.2) is 0 Å². The number of rotatable bonds is 4. The number of nitrogens with zero attached hydrogens (tertiary/aromatic N) is 2. The Morgan fingerprint density at radius 2 is 2.00 bits per heavy atom. The van der Waals surface area contributed by atoms with Crippen LogP contribution in [0.15, 0.2) is 16.6 Å². The summed E-state index contributed by atoms with van der Waals surface area (Å²) in [6.45, 7) is 4.32. The van der Waals surface area contributed by atoms with Gasteiger partial charge in [-0.25, -0.2) is 0 Å². The number of hydrogen-bond acceptors (Lipinski definition) is 4. The first-order chi connectivity index (χ1) is 10.1. The Kier molecular flexibility index (Phi) is 3.99. The minimum atomic E-state index is -0.547. The molecule has 0 spiro atoms. The molecule has 1 aromatic rings. The first kappa shape index (κ1) is 14.5. The largest absolute Gasteiger partial charge is 0.372 e. The molecule has 2 heterocycles. The number of Topliss-reactive ketones (excluding diaryl/α,β-unsaturated/α-hetero) is 1. The molecule has 112 valence electrons. The number of ketones is 1. The fourth-order valence-corrected chi connectivity index (χ4v) is 3.51. The Hall–Kier alpha value is -1.40. The van der Waals surface area contributed by atoms with E-state index in [1.165, 1.54) is 25.9 Å². The fraction of sp³-hybridized carbons (Fsp3) is 0.467. The Labute approximate surface area is 132 Å². The zero-order valence-corrected chi connectivity index (χ0v) is 13.6. The van der Waals surface area contributed by atoms with E-state index in [2.05, 4.69) is 31.0 Å². The summed E-state index contributed by atoms with van der Waals surface area (Å²) in [4.78, 5) is 27.7. The van der Waals surface area contributed by atoms with E-state index < -0.39 is 11.7 Å². The molecule has 21 heavy (non-hydrogen) atoms. The van der Waals surface area contributed by atoms with Gasteiger partial charge in [0, 0.05) is 24.6 Å². The molecule has 1 fully saturated rings. The number of fused-ring (bicyclic) bond motifs is 1. The van der Waals surface area contributed by atoms with Crippen molar-refractivity contribution in [2.24, 2.45) is 0 Å². The highest BCUT2D eigenvalue weighted by atomic mass is 79.9. The van der Waals surface area contributed by atoms with Gasteiger partial charge in [0.05, 0.1) is 16.9 Å². The standard InChI is InChI=1S/C15H18BrN3O2/c1-18(6-7-19-4-2-3-5-19)13-9-12-10(8-11(13)16)14(20)15(21)17-12/h8-9H,2-7H2,1H3,(H,17,20,21). The lowest BCUT2D eigenvalue weighted by Gasteiger charge is -2.24. The summed E-state index contributed by atoms with van der Waals surface area (Å²) in [5.74, 6) is -1.01. The summed E-state index contributed by atoms with van der Waals surface area (Å²) >= 11 is 3.50. The molecule has 0 bridgehead atoms. The van der Waals surface area contributed by atoms with Crippen molar-refractivity contribution in [3.05, 3.63) is 22.2 Å². The molecule has 1 aromatic carbocycles. The van der Waals surface area contributed by atoms with Crippen LogP contribution in [0.3, 0.4) is 0 Å².